The molecule has 0 radical (unpaired) electrons. The van der Waals surface area contributed by atoms with Crippen LogP contribution in [-0.4, -0.2) is 53.0 Å². The highest BCUT2D eigenvalue weighted by Gasteiger charge is 2.67. The first-order valence-corrected chi connectivity index (χ1v) is 16.2. The molecule has 5 rings (SSSR count). The Hall–Kier alpha value is -3.86. The van der Waals surface area contributed by atoms with Crippen molar-refractivity contribution in [3.63, 3.8) is 0 Å². The SMILES string of the molecule is CCc1c(O)[nH]c(/C=c2/[nH]/c(=C\c3[nH]c([C@@H]4S[C@]45NC(=O)[C@H](C)[C@H]5CC)c(C)c3CCC(=O)O)c(CCC(=O)O)c2C)c1C. The first-order chi connectivity index (χ1) is 20.8. The molecular weight excluding hydrogens is 580 g/mol. The van der Waals surface area contributed by atoms with Crippen LogP contribution in [0, 0.1) is 32.6 Å². The van der Waals surface area contributed by atoms with Gasteiger partial charge in [0.15, 0.2) is 5.88 Å². The smallest absolute Gasteiger partial charge is 0.303 e. The van der Waals surface area contributed by atoms with Crippen LogP contribution < -0.4 is 16.0 Å². The lowest BCUT2D eigenvalue weighted by Gasteiger charge is -2.18. The normalized spacial score (nSPS) is 23.6. The van der Waals surface area contributed by atoms with Crippen molar-refractivity contribution in [3.8, 4) is 5.88 Å². The summed E-state index contributed by atoms with van der Waals surface area (Å²) >= 11 is 1.74. The number of aliphatic carboxylic acids is 2. The number of carbonyl (C=O) groups is 3. The van der Waals surface area contributed by atoms with E-state index in [9.17, 15) is 29.7 Å². The number of H-pyrrole nitrogens is 3. The van der Waals surface area contributed by atoms with E-state index in [0.717, 1.165) is 67.6 Å². The van der Waals surface area contributed by atoms with E-state index >= 15 is 0 Å². The second-order valence-electron chi connectivity index (χ2n) is 12.1. The van der Waals surface area contributed by atoms with E-state index in [1.54, 1.807) is 11.8 Å². The third-order valence-electron chi connectivity index (χ3n) is 9.64. The Kier molecular flexibility index (Phi) is 8.54. The molecule has 0 unspecified atom stereocenters. The molecule has 1 amide bonds. The summed E-state index contributed by atoms with van der Waals surface area (Å²) in [5, 5.41) is 34.2. The number of amides is 1. The number of nitrogens with one attached hydrogen (secondary N) is 4. The summed E-state index contributed by atoms with van der Waals surface area (Å²) in [6.45, 7) is 12.0. The summed E-state index contributed by atoms with van der Waals surface area (Å²) in [4.78, 5) is 45.6. The minimum absolute atomic E-state index is 0.0305. The van der Waals surface area contributed by atoms with Crippen LogP contribution in [0.5, 0.6) is 5.88 Å². The molecule has 5 heterocycles. The zero-order chi connectivity index (χ0) is 32.1. The topological polar surface area (TPSA) is 171 Å². The van der Waals surface area contributed by atoms with Crippen LogP contribution in [0.3, 0.4) is 0 Å². The van der Waals surface area contributed by atoms with Gasteiger partial charge in [-0.15, -0.1) is 11.8 Å². The van der Waals surface area contributed by atoms with E-state index in [0.29, 0.717) is 19.3 Å². The van der Waals surface area contributed by atoms with Crippen molar-refractivity contribution in [3.05, 3.63) is 61.2 Å². The lowest BCUT2D eigenvalue weighted by atomic mass is 9.86. The minimum atomic E-state index is -0.894. The Labute approximate surface area is 260 Å². The maximum atomic E-state index is 12.7. The van der Waals surface area contributed by atoms with E-state index in [4.69, 9.17) is 0 Å². The molecule has 4 atom stereocenters. The highest BCUT2D eigenvalue weighted by molar-refractivity contribution is 8.08. The van der Waals surface area contributed by atoms with Crippen LogP contribution in [0.1, 0.15) is 95.7 Å². The molecule has 2 saturated heterocycles. The van der Waals surface area contributed by atoms with Crippen LogP contribution >= 0.6 is 11.8 Å². The van der Waals surface area contributed by atoms with Crippen LogP contribution in [0.2, 0.25) is 0 Å². The molecule has 0 saturated carbocycles. The number of carbonyl (C=O) groups excluding carboxylic acids is 1. The van der Waals surface area contributed by atoms with Crippen LogP contribution in [0.15, 0.2) is 0 Å². The molecule has 0 aromatic carbocycles. The standard InChI is InChI=1S/C33H42N4O6S/c1-7-19-15(3)24(36-32(19)43)13-23-16(4)20(9-11-27(38)39)25(34-23)14-26-21(10-12-28(40)41)17(5)29(35-26)30-33(44-30)22(8-2)18(6)31(42)37-33/h13-14,18,22,30,34-36,43H,7-12H2,1-6H3,(H,37,42)(H,38,39)(H,40,41)/b23-13+,25-14-/t18-,22-,30+,33+/m1/s1. The zero-order valence-electron chi connectivity index (χ0n) is 26.1. The maximum Gasteiger partial charge on any atom is 0.303 e. The van der Waals surface area contributed by atoms with Gasteiger partial charge in [-0.05, 0) is 86.4 Å². The molecule has 2 aliphatic rings. The molecule has 0 aliphatic carbocycles. The quantitative estimate of drug-likeness (QED) is 0.159. The molecule has 3 aromatic rings. The average Bonchev–Trinajstić information content (AvgIpc) is 3.16. The second kappa shape index (κ2) is 11.9. The van der Waals surface area contributed by atoms with E-state index in [2.05, 4.69) is 27.2 Å². The number of aromatic nitrogens is 3. The molecule has 2 aliphatic heterocycles. The largest absolute Gasteiger partial charge is 0.494 e. The van der Waals surface area contributed by atoms with Gasteiger partial charge in [0.25, 0.3) is 0 Å². The first kappa shape index (κ1) is 31.6. The number of hydrogen-bond donors (Lipinski definition) is 7. The number of aromatic amines is 3. The van der Waals surface area contributed by atoms with Crippen molar-refractivity contribution in [2.24, 2.45) is 11.8 Å². The van der Waals surface area contributed by atoms with Crippen molar-refractivity contribution in [1.82, 2.24) is 20.3 Å². The Morgan fingerprint density at radius 2 is 1.50 bits per heavy atom. The molecule has 3 aromatic heterocycles. The zero-order valence-corrected chi connectivity index (χ0v) is 26.9. The highest BCUT2D eigenvalue weighted by Crippen LogP contribution is 2.70. The number of carboxylic acids is 2. The van der Waals surface area contributed by atoms with Crippen molar-refractivity contribution in [2.75, 3.05) is 0 Å². The molecule has 0 bridgehead atoms. The Balaban J connectivity index is 1.64. The van der Waals surface area contributed by atoms with Gasteiger partial charge < -0.3 is 35.6 Å². The van der Waals surface area contributed by atoms with Gasteiger partial charge in [0.05, 0.1) is 5.25 Å². The fraction of sp³-hybridized carbons (Fsp3) is 0.485. The Morgan fingerprint density at radius 1 is 0.864 bits per heavy atom. The van der Waals surface area contributed by atoms with Gasteiger partial charge in [0.1, 0.15) is 4.87 Å². The molecule has 2 fully saturated rings. The summed E-state index contributed by atoms with van der Waals surface area (Å²) in [7, 11) is 0. The number of hydrogen-bond acceptors (Lipinski definition) is 5. The van der Waals surface area contributed by atoms with Crippen molar-refractivity contribution < 1.29 is 29.7 Å². The fourth-order valence-corrected chi connectivity index (χ4v) is 8.77. The summed E-state index contributed by atoms with van der Waals surface area (Å²) in [6, 6.07) is 0. The number of carboxylic acid groups (broad SMARTS) is 2. The van der Waals surface area contributed by atoms with Gasteiger partial charge in [0.2, 0.25) is 5.91 Å². The van der Waals surface area contributed by atoms with E-state index < -0.39 is 11.9 Å². The molecule has 1 spiro atoms. The van der Waals surface area contributed by atoms with E-state index in [-0.39, 0.29) is 46.6 Å². The van der Waals surface area contributed by atoms with Gasteiger partial charge in [0, 0.05) is 58.0 Å². The average molecular weight is 623 g/mol. The van der Waals surface area contributed by atoms with Gasteiger partial charge in [-0.1, -0.05) is 20.8 Å². The van der Waals surface area contributed by atoms with Crippen LogP contribution in [0.4, 0.5) is 0 Å². The maximum absolute atomic E-state index is 12.7. The predicted molar refractivity (Wildman–Crippen MR) is 170 cm³/mol. The number of thioether (sulfide) groups is 1. The number of rotatable bonds is 11. The Bertz CT molecular complexity index is 1760. The Morgan fingerprint density at radius 3 is 2.09 bits per heavy atom. The third-order valence-corrected chi connectivity index (χ3v) is 11.3. The molecular formula is C33H42N4O6S. The molecule has 7 N–H and O–H groups in total. The summed E-state index contributed by atoms with van der Waals surface area (Å²) in [5.41, 5.74) is 7.99. The van der Waals surface area contributed by atoms with Gasteiger partial charge in [-0.2, -0.15) is 0 Å². The predicted octanol–water partition coefficient (Wildman–Crippen LogP) is 3.83. The number of aromatic hydroxyl groups is 1. The first-order valence-electron chi connectivity index (χ1n) is 15.3. The fourth-order valence-electron chi connectivity index (χ4n) is 7.04. The lowest BCUT2D eigenvalue weighted by molar-refractivity contribution is -0.138. The van der Waals surface area contributed by atoms with E-state index in [1.807, 2.05) is 46.8 Å². The van der Waals surface area contributed by atoms with Crippen molar-refractivity contribution in [2.45, 2.75) is 90.2 Å². The summed E-state index contributed by atoms with van der Waals surface area (Å²) in [6.07, 6.45) is 6.02. The van der Waals surface area contributed by atoms with Crippen LogP contribution in [-0.2, 0) is 33.6 Å². The molecule has 11 heteroatoms. The van der Waals surface area contributed by atoms with Crippen molar-refractivity contribution >= 4 is 41.8 Å². The van der Waals surface area contributed by atoms with Crippen LogP contribution in [0.25, 0.3) is 12.2 Å². The second-order valence-corrected chi connectivity index (χ2v) is 13.5. The van der Waals surface area contributed by atoms with Gasteiger partial charge in [-0.25, -0.2) is 0 Å². The summed E-state index contributed by atoms with van der Waals surface area (Å²) in [5.74, 6) is -1.45. The summed E-state index contributed by atoms with van der Waals surface area (Å²) < 4.78 is 0. The minimum Gasteiger partial charge on any atom is -0.494 e. The van der Waals surface area contributed by atoms with Crippen molar-refractivity contribution in [1.29, 1.82) is 0 Å². The third kappa shape index (κ3) is 5.46. The molecule has 44 heavy (non-hydrogen) atoms. The van der Waals surface area contributed by atoms with E-state index in [1.165, 1.54) is 0 Å². The van der Waals surface area contributed by atoms with Gasteiger partial charge >= 0.3 is 11.9 Å². The monoisotopic (exact) mass is 622 g/mol. The molecule has 10 nitrogen and oxygen atoms in total. The molecule has 236 valence electrons. The highest BCUT2D eigenvalue weighted by atomic mass is 32.2. The lowest BCUT2D eigenvalue weighted by Crippen LogP contribution is -2.32. The van der Waals surface area contributed by atoms with Gasteiger partial charge in [-0.3, -0.25) is 14.4 Å².